The van der Waals surface area contributed by atoms with Crippen molar-refractivity contribution in [2.45, 2.75) is 13.8 Å². The summed E-state index contributed by atoms with van der Waals surface area (Å²) in [6.45, 7) is 13.8. The minimum Gasteiger partial charge on any atom is -0.364 e. The Morgan fingerprint density at radius 3 is 1.50 bits per heavy atom. The third-order valence-corrected chi connectivity index (χ3v) is 1.21. The van der Waals surface area contributed by atoms with E-state index in [1.54, 1.807) is 0 Å². The van der Waals surface area contributed by atoms with Crippen LogP contribution in [0.3, 0.4) is 0 Å². The fourth-order valence-electron chi connectivity index (χ4n) is 1.10. The molecule has 2 heteroatoms. The van der Waals surface area contributed by atoms with E-state index < -0.39 is 0 Å². The zero-order valence-corrected chi connectivity index (χ0v) is 10.1. The van der Waals surface area contributed by atoms with Crippen LogP contribution in [0.25, 0.3) is 0 Å². The molecule has 0 aromatic carbocycles. The van der Waals surface area contributed by atoms with Gasteiger partial charge in [0.15, 0.2) is 0 Å². The summed E-state index contributed by atoms with van der Waals surface area (Å²) in [5.41, 5.74) is 0.120. The van der Waals surface area contributed by atoms with Crippen LogP contribution in [0.2, 0.25) is 0 Å². The van der Waals surface area contributed by atoms with Crippen LogP contribution in [0.5, 0.6) is 0 Å². The van der Waals surface area contributed by atoms with Gasteiger partial charge < -0.3 is 18.7 Å². The first kappa shape index (κ1) is 13.3. The molecular weight excluding hydrogens is 294 g/mol. The van der Waals surface area contributed by atoms with Gasteiger partial charge >= 0.3 is 21.1 Å². The van der Waals surface area contributed by atoms with Crippen molar-refractivity contribution < 1.29 is 21.1 Å². The van der Waals surface area contributed by atoms with Crippen molar-refractivity contribution in [2.75, 3.05) is 20.1 Å². The number of nitrogens with zero attached hydrogens (tertiary/aromatic N) is 1. The molecular formula is C8H17NW. The molecule has 0 aromatic heterocycles. The first-order valence-corrected chi connectivity index (χ1v) is 3.49. The molecule has 0 amide bonds. The van der Waals surface area contributed by atoms with Crippen molar-refractivity contribution in [2.24, 2.45) is 5.41 Å². The molecule has 0 saturated carbocycles. The molecule has 0 spiro atoms. The first-order valence-electron chi connectivity index (χ1n) is 3.49. The van der Waals surface area contributed by atoms with Crippen molar-refractivity contribution in [3.8, 4) is 0 Å². The molecule has 0 aromatic rings. The van der Waals surface area contributed by atoms with Crippen LogP contribution in [0.4, 0.5) is 0 Å². The molecule has 1 saturated heterocycles. The van der Waals surface area contributed by atoms with Crippen LogP contribution in [0.15, 0.2) is 0 Å². The molecule has 1 nitrogen and oxygen atoms in total. The van der Waals surface area contributed by atoms with Gasteiger partial charge in [-0.2, -0.15) is 0 Å². The molecule has 0 bridgehead atoms. The van der Waals surface area contributed by atoms with Gasteiger partial charge in [-0.05, 0) is 20.1 Å². The van der Waals surface area contributed by atoms with E-state index in [0.717, 1.165) is 13.1 Å². The van der Waals surface area contributed by atoms with Crippen molar-refractivity contribution >= 4 is 0 Å². The second-order valence-corrected chi connectivity index (χ2v) is 2.67. The fraction of sp³-hybridized carbons (Fsp3) is 0.750. The summed E-state index contributed by atoms with van der Waals surface area (Å²) in [4.78, 5) is 2.21. The van der Waals surface area contributed by atoms with Crippen LogP contribution in [-0.2, 0) is 21.1 Å². The van der Waals surface area contributed by atoms with Gasteiger partial charge in [0.1, 0.15) is 0 Å². The maximum atomic E-state index is 3.87. The van der Waals surface area contributed by atoms with Gasteiger partial charge in [0.05, 0.1) is 0 Å². The van der Waals surface area contributed by atoms with E-state index in [1.165, 1.54) is 0 Å². The molecule has 1 rings (SSSR count). The molecule has 0 unspecified atom stereocenters. The minimum atomic E-state index is 0. The predicted molar refractivity (Wildman–Crippen MR) is 42.0 cm³/mol. The zero-order valence-electron chi connectivity index (χ0n) is 7.18. The number of likely N-dealkylation sites (tertiary alicyclic amines) is 1. The van der Waals surface area contributed by atoms with Crippen molar-refractivity contribution in [3.05, 3.63) is 13.8 Å². The van der Waals surface area contributed by atoms with E-state index in [2.05, 4.69) is 25.8 Å². The van der Waals surface area contributed by atoms with Gasteiger partial charge in [0.2, 0.25) is 0 Å². The molecule has 0 atom stereocenters. The number of hydrogen-bond donors (Lipinski definition) is 0. The quantitative estimate of drug-likeness (QED) is 0.615. The average Bonchev–Trinajstić information content (AvgIpc) is 1.67. The predicted octanol–water partition coefficient (Wildman–Crippen LogP) is 1.61. The van der Waals surface area contributed by atoms with Crippen LogP contribution in [0.1, 0.15) is 13.8 Å². The Labute approximate surface area is 79.4 Å². The SMILES string of the molecule is CC.[CH2-]C1([CH2-])CN(C)C1.[W+2]. The summed E-state index contributed by atoms with van der Waals surface area (Å²) in [6, 6.07) is 0. The van der Waals surface area contributed by atoms with Gasteiger partial charge in [-0.25, -0.2) is 0 Å². The smallest absolute Gasteiger partial charge is 0.364 e. The molecule has 0 N–H and O–H groups in total. The Hall–Kier alpha value is 0.648. The van der Waals surface area contributed by atoms with Crippen molar-refractivity contribution in [3.63, 3.8) is 0 Å². The molecule has 1 fully saturated rings. The fourth-order valence-corrected chi connectivity index (χ4v) is 1.10. The normalized spacial score (nSPS) is 21.3. The number of rotatable bonds is 0. The maximum Gasteiger partial charge on any atom is 2.00 e. The van der Waals surface area contributed by atoms with E-state index >= 15 is 0 Å². The topological polar surface area (TPSA) is 3.24 Å². The summed E-state index contributed by atoms with van der Waals surface area (Å²) in [5.74, 6) is 0. The van der Waals surface area contributed by atoms with Crippen molar-refractivity contribution in [1.29, 1.82) is 0 Å². The summed E-state index contributed by atoms with van der Waals surface area (Å²) >= 11 is 0. The van der Waals surface area contributed by atoms with Crippen LogP contribution in [-0.4, -0.2) is 25.0 Å². The van der Waals surface area contributed by atoms with Gasteiger partial charge in [0.25, 0.3) is 0 Å². The first-order chi connectivity index (χ1) is 4.10. The maximum absolute atomic E-state index is 3.87. The van der Waals surface area contributed by atoms with E-state index in [4.69, 9.17) is 0 Å². The Balaban J connectivity index is 0. The Bertz CT molecular complexity index is 73.3. The van der Waals surface area contributed by atoms with E-state index in [1.807, 2.05) is 13.8 Å². The van der Waals surface area contributed by atoms with Gasteiger partial charge in [-0.1, -0.05) is 13.8 Å². The van der Waals surface area contributed by atoms with Crippen molar-refractivity contribution in [1.82, 2.24) is 4.90 Å². The van der Waals surface area contributed by atoms with Gasteiger partial charge in [-0.15, -0.1) is 0 Å². The largest absolute Gasteiger partial charge is 2.00 e. The Morgan fingerprint density at radius 1 is 1.20 bits per heavy atom. The molecule has 1 heterocycles. The Morgan fingerprint density at radius 2 is 1.50 bits per heavy atom. The van der Waals surface area contributed by atoms with Crippen LogP contribution < -0.4 is 0 Å². The monoisotopic (exact) mass is 311 g/mol. The van der Waals surface area contributed by atoms with Crippen LogP contribution >= 0.6 is 0 Å². The minimum absolute atomic E-state index is 0. The summed E-state index contributed by atoms with van der Waals surface area (Å²) in [7, 11) is 2.08. The molecule has 0 aliphatic carbocycles. The second kappa shape index (κ2) is 5.32. The molecule has 60 valence electrons. The van der Waals surface area contributed by atoms with Crippen LogP contribution in [0, 0.1) is 19.3 Å². The zero-order chi connectivity index (χ0) is 7.49. The molecule has 10 heavy (non-hydrogen) atoms. The summed E-state index contributed by atoms with van der Waals surface area (Å²) < 4.78 is 0. The average molecular weight is 311 g/mol. The third-order valence-electron chi connectivity index (χ3n) is 1.21. The molecule has 1 aliphatic heterocycles. The Kier molecular flexibility index (Phi) is 7.05. The molecule has 0 radical (unpaired) electrons. The third kappa shape index (κ3) is 4.46. The van der Waals surface area contributed by atoms with Gasteiger partial charge in [0, 0.05) is 0 Å². The molecule has 1 aliphatic rings. The number of hydrogen-bond acceptors (Lipinski definition) is 1. The van der Waals surface area contributed by atoms with Gasteiger partial charge in [-0.3, -0.25) is 5.41 Å². The summed E-state index contributed by atoms with van der Waals surface area (Å²) in [6.07, 6.45) is 0. The standard InChI is InChI=1S/C6H11N.C2H6.W/c1-6(2)4-7(3)5-6;1-2;/h1-2,4-5H2,3H3;1-2H3;/q-2;;+2. The second-order valence-electron chi connectivity index (χ2n) is 2.67. The summed E-state index contributed by atoms with van der Waals surface area (Å²) in [5, 5.41) is 0. The van der Waals surface area contributed by atoms with E-state index in [9.17, 15) is 0 Å². The van der Waals surface area contributed by atoms with E-state index in [-0.39, 0.29) is 26.5 Å². The van der Waals surface area contributed by atoms with E-state index in [0.29, 0.717) is 0 Å².